The molecule has 0 spiro atoms. The van der Waals surface area contributed by atoms with E-state index in [4.69, 9.17) is 14.9 Å². The van der Waals surface area contributed by atoms with Crippen molar-refractivity contribution in [2.75, 3.05) is 0 Å². The van der Waals surface area contributed by atoms with Gasteiger partial charge in [0.1, 0.15) is 5.75 Å². The maximum Gasteiger partial charge on any atom is 0.300 e. The van der Waals surface area contributed by atoms with Crippen molar-refractivity contribution < 1.29 is 15.0 Å². The van der Waals surface area contributed by atoms with Crippen molar-refractivity contribution in [3.05, 3.63) is 105 Å². The van der Waals surface area contributed by atoms with Gasteiger partial charge in [0.05, 0.1) is 15.9 Å². The Bertz CT molecular complexity index is 1520. The van der Waals surface area contributed by atoms with Gasteiger partial charge in [0.2, 0.25) is 0 Å². The summed E-state index contributed by atoms with van der Waals surface area (Å²) in [6.07, 6.45) is 1.79. The lowest BCUT2D eigenvalue weighted by Crippen LogP contribution is -2.23. The first-order valence-electron chi connectivity index (χ1n) is 10.1. The number of aromatic hydroxyl groups is 1. The maximum atomic E-state index is 13.3. The second-order valence-electron chi connectivity index (χ2n) is 7.19. The van der Waals surface area contributed by atoms with Crippen molar-refractivity contribution in [2.45, 2.75) is 6.92 Å². The van der Waals surface area contributed by atoms with Crippen LogP contribution in [0.1, 0.15) is 12.5 Å². The van der Waals surface area contributed by atoms with Gasteiger partial charge in [-0.25, -0.2) is 9.38 Å². The molecule has 5 rings (SSSR count). The van der Waals surface area contributed by atoms with E-state index in [2.05, 4.69) is 0 Å². The molecule has 0 aliphatic rings. The monoisotopic (exact) mass is 456 g/mol. The second kappa shape index (κ2) is 9.50. The number of phenols is 1. The molecular formula is C26H20N2O4S. The molecule has 0 radical (unpaired) electrons. The summed E-state index contributed by atoms with van der Waals surface area (Å²) in [6.45, 7) is 1.08. The number of thiazole rings is 1. The number of rotatable bonds is 3. The van der Waals surface area contributed by atoms with E-state index in [0.717, 1.165) is 35.0 Å². The molecule has 0 saturated carbocycles. The third-order valence-corrected chi connectivity index (χ3v) is 5.69. The van der Waals surface area contributed by atoms with E-state index in [0.29, 0.717) is 9.49 Å². The molecular weight excluding hydrogens is 436 g/mol. The van der Waals surface area contributed by atoms with Crippen LogP contribution in [0.15, 0.2) is 89.7 Å². The number of phenolic OH excluding ortho intramolecular Hbond substituents is 1. The SMILES string of the molecule is CC(=O)O.O=c1c(=Cc2cccc(O)c2)sc2nc(-c3ccccc3)c(-c3ccccc3)n12. The molecule has 0 aliphatic heterocycles. The van der Waals surface area contributed by atoms with Gasteiger partial charge < -0.3 is 10.2 Å². The Morgan fingerprint density at radius 2 is 1.55 bits per heavy atom. The number of imidazole rings is 1. The lowest BCUT2D eigenvalue weighted by atomic mass is 10.1. The summed E-state index contributed by atoms with van der Waals surface area (Å²) in [5, 5.41) is 17.1. The Morgan fingerprint density at radius 1 is 0.939 bits per heavy atom. The minimum atomic E-state index is -0.833. The Labute approximate surface area is 193 Å². The summed E-state index contributed by atoms with van der Waals surface area (Å²) in [7, 11) is 0. The highest BCUT2D eigenvalue weighted by molar-refractivity contribution is 7.15. The number of nitrogens with zero attached hydrogens (tertiary/aromatic N) is 2. The minimum absolute atomic E-state index is 0.109. The number of hydrogen-bond acceptors (Lipinski definition) is 5. The van der Waals surface area contributed by atoms with Gasteiger partial charge in [0, 0.05) is 18.1 Å². The third-order valence-electron chi connectivity index (χ3n) is 4.72. The Hall–Kier alpha value is -4.23. The van der Waals surface area contributed by atoms with Crippen molar-refractivity contribution in [1.29, 1.82) is 0 Å². The molecule has 0 atom stereocenters. The van der Waals surface area contributed by atoms with Gasteiger partial charge in [0.25, 0.3) is 11.5 Å². The summed E-state index contributed by atoms with van der Waals surface area (Å²) >= 11 is 1.35. The predicted octanol–water partition coefficient (Wildman–Crippen LogP) is 4.43. The van der Waals surface area contributed by atoms with Crippen LogP contribution in [0.5, 0.6) is 5.75 Å². The van der Waals surface area contributed by atoms with Crippen molar-refractivity contribution in [1.82, 2.24) is 9.38 Å². The molecule has 0 unspecified atom stereocenters. The number of aliphatic carboxylic acids is 1. The molecule has 0 amide bonds. The molecule has 5 aromatic rings. The Kier molecular flexibility index (Phi) is 6.33. The fourth-order valence-corrected chi connectivity index (χ4v) is 4.40. The summed E-state index contributed by atoms with van der Waals surface area (Å²) in [4.78, 5) is 27.8. The number of carboxylic acid groups (broad SMARTS) is 1. The molecule has 0 bridgehead atoms. The van der Waals surface area contributed by atoms with E-state index >= 15 is 0 Å². The zero-order valence-corrected chi connectivity index (χ0v) is 18.5. The van der Waals surface area contributed by atoms with E-state index in [1.807, 2.05) is 66.7 Å². The van der Waals surface area contributed by atoms with E-state index in [1.54, 1.807) is 28.7 Å². The lowest BCUT2D eigenvalue weighted by molar-refractivity contribution is -0.134. The van der Waals surface area contributed by atoms with Crippen LogP contribution in [-0.2, 0) is 4.79 Å². The van der Waals surface area contributed by atoms with Crippen LogP contribution in [-0.4, -0.2) is 25.6 Å². The van der Waals surface area contributed by atoms with Crippen LogP contribution in [0, 0.1) is 0 Å². The number of carboxylic acids is 1. The minimum Gasteiger partial charge on any atom is -0.508 e. The van der Waals surface area contributed by atoms with Gasteiger partial charge in [-0.3, -0.25) is 9.59 Å². The molecule has 33 heavy (non-hydrogen) atoms. The first-order chi connectivity index (χ1) is 15.9. The van der Waals surface area contributed by atoms with Crippen LogP contribution in [0.3, 0.4) is 0 Å². The molecule has 2 N–H and O–H groups in total. The average Bonchev–Trinajstić information content (AvgIpc) is 3.31. The highest BCUT2D eigenvalue weighted by Crippen LogP contribution is 2.32. The average molecular weight is 457 g/mol. The van der Waals surface area contributed by atoms with E-state index in [-0.39, 0.29) is 11.3 Å². The number of fused-ring (bicyclic) bond motifs is 1. The maximum absolute atomic E-state index is 13.3. The van der Waals surface area contributed by atoms with Gasteiger partial charge in [-0.1, -0.05) is 84.1 Å². The number of carbonyl (C=O) groups is 1. The fourth-order valence-electron chi connectivity index (χ4n) is 3.43. The first-order valence-corrected chi connectivity index (χ1v) is 10.9. The highest BCUT2D eigenvalue weighted by Gasteiger charge is 2.19. The molecule has 0 fully saturated rings. The zero-order valence-electron chi connectivity index (χ0n) is 17.7. The standard InChI is InChI=1S/C24H16N2O2S.C2H4O2/c27-19-13-7-8-16(14-19)15-20-23(28)26-22(18-11-5-2-6-12-18)21(25-24(26)29-20)17-9-3-1-4-10-17;1-2(3)4/h1-15,27H;1H3,(H,3,4). The predicted molar refractivity (Wildman–Crippen MR) is 130 cm³/mol. The van der Waals surface area contributed by atoms with Crippen molar-refractivity contribution in [2.24, 2.45) is 0 Å². The largest absolute Gasteiger partial charge is 0.508 e. The van der Waals surface area contributed by atoms with Crippen LogP contribution in [0.4, 0.5) is 0 Å². The zero-order chi connectivity index (χ0) is 23.4. The van der Waals surface area contributed by atoms with Gasteiger partial charge in [0.15, 0.2) is 4.96 Å². The van der Waals surface area contributed by atoms with Gasteiger partial charge >= 0.3 is 0 Å². The van der Waals surface area contributed by atoms with Crippen molar-refractivity contribution in [3.8, 4) is 28.3 Å². The first kappa shape index (κ1) is 22.0. The summed E-state index contributed by atoms with van der Waals surface area (Å²) < 4.78 is 2.27. The van der Waals surface area contributed by atoms with Crippen molar-refractivity contribution in [3.63, 3.8) is 0 Å². The van der Waals surface area contributed by atoms with Crippen LogP contribution in [0.25, 0.3) is 33.6 Å². The van der Waals surface area contributed by atoms with E-state index in [9.17, 15) is 9.90 Å². The van der Waals surface area contributed by atoms with Crippen LogP contribution >= 0.6 is 11.3 Å². The summed E-state index contributed by atoms with van der Waals surface area (Å²) in [5.41, 5.74) is 4.17. The van der Waals surface area contributed by atoms with E-state index < -0.39 is 5.97 Å². The number of benzene rings is 3. The molecule has 3 aromatic carbocycles. The van der Waals surface area contributed by atoms with Crippen molar-refractivity contribution >= 4 is 28.3 Å². The van der Waals surface area contributed by atoms with Gasteiger partial charge in [-0.2, -0.15) is 0 Å². The van der Waals surface area contributed by atoms with Crippen LogP contribution < -0.4 is 10.1 Å². The number of hydrogen-bond donors (Lipinski definition) is 2. The quantitative estimate of drug-likeness (QED) is 0.419. The molecule has 0 aliphatic carbocycles. The molecule has 0 saturated heterocycles. The fraction of sp³-hybridized carbons (Fsp3) is 0.0385. The van der Waals surface area contributed by atoms with Gasteiger partial charge in [-0.15, -0.1) is 0 Å². The smallest absolute Gasteiger partial charge is 0.300 e. The van der Waals surface area contributed by atoms with E-state index in [1.165, 1.54) is 11.3 Å². The van der Waals surface area contributed by atoms with Gasteiger partial charge in [-0.05, 0) is 23.8 Å². The molecule has 6 nitrogen and oxygen atoms in total. The lowest BCUT2D eigenvalue weighted by Gasteiger charge is -2.04. The molecule has 7 heteroatoms. The normalized spacial score (nSPS) is 11.2. The molecule has 164 valence electrons. The Balaban J connectivity index is 0.000000601. The highest BCUT2D eigenvalue weighted by atomic mass is 32.1. The third kappa shape index (κ3) is 4.83. The molecule has 2 heterocycles. The topological polar surface area (TPSA) is 91.9 Å². The number of aromatic nitrogens is 2. The second-order valence-corrected chi connectivity index (χ2v) is 8.20. The van der Waals surface area contributed by atoms with Crippen LogP contribution in [0.2, 0.25) is 0 Å². The molecule has 2 aromatic heterocycles. The Morgan fingerprint density at radius 3 is 2.15 bits per heavy atom. The summed E-state index contributed by atoms with van der Waals surface area (Å²) in [5.74, 6) is -0.663. The summed E-state index contributed by atoms with van der Waals surface area (Å²) in [6, 6.07) is 26.6.